The quantitative estimate of drug-likeness (QED) is 0.861. The van der Waals surface area contributed by atoms with Gasteiger partial charge in [-0.1, -0.05) is 17.3 Å². The van der Waals surface area contributed by atoms with Crippen LogP contribution in [0.2, 0.25) is 0 Å². The summed E-state index contributed by atoms with van der Waals surface area (Å²) >= 11 is 0. The molecule has 0 amide bonds. The van der Waals surface area contributed by atoms with Crippen LogP contribution in [0.4, 0.5) is 4.39 Å². The topological polar surface area (TPSA) is 59.2 Å². The highest BCUT2D eigenvalue weighted by atomic mass is 19.1. The largest absolute Gasteiger partial charge is 0.384 e. The fourth-order valence-electron chi connectivity index (χ4n) is 1.29. The molecule has 0 radical (unpaired) electrons. The van der Waals surface area contributed by atoms with Crippen LogP contribution in [0.25, 0.3) is 0 Å². The zero-order valence-electron chi connectivity index (χ0n) is 8.72. The zero-order valence-corrected chi connectivity index (χ0v) is 8.72. The van der Waals surface area contributed by atoms with Crippen LogP contribution in [0.5, 0.6) is 0 Å². The highest BCUT2D eigenvalue weighted by Gasteiger charge is 2.11. The van der Waals surface area contributed by atoms with Crippen molar-refractivity contribution in [3.05, 3.63) is 47.4 Å². The van der Waals surface area contributed by atoms with Gasteiger partial charge >= 0.3 is 0 Å². The van der Waals surface area contributed by atoms with Gasteiger partial charge in [0.2, 0.25) is 0 Å². The molecule has 2 rings (SSSR count). The van der Waals surface area contributed by atoms with E-state index < -0.39 is 6.10 Å². The molecule has 5 heteroatoms. The van der Waals surface area contributed by atoms with Crippen LogP contribution in [0.1, 0.15) is 30.3 Å². The van der Waals surface area contributed by atoms with E-state index in [0.717, 1.165) is 5.56 Å². The Morgan fingerprint density at radius 1 is 1.38 bits per heavy atom. The maximum atomic E-state index is 12.7. The van der Waals surface area contributed by atoms with Crippen molar-refractivity contribution in [1.82, 2.24) is 10.1 Å². The second kappa shape index (κ2) is 4.40. The summed E-state index contributed by atoms with van der Waals surface area (Å²) in [4.78, 5) is 4.01. The van der Waals surface area contributed by atoms with Crippen LogP contribution in [-0.4, -0.2) is 15.2 Å². The molecule has 0 saturated carbocycles. The van der Waals surface area contributed by atoms with Crippen molar-refractivity contribution in [3.8, 4) is 0 Å². The van der Waals surface area contributed by atoms with Gasteiger partial charge in [0.1, 0.15) is 11.9 Å². The van der Waals surface area contributed by atoms with Crippen LogP contribution >= 0.6 is 0 Å². The molecule has 1 atom stereocenters. The molecule has 16 heavy (non-hydrogen) atoms. The molecule has 1 N–H and O–H groups in total. The van der Waals surface area contributed by atoms with E-state index in [9.17, 15) is 9.50 Å². The molecule has 0 aliphatic carbocycles. The average molecular weight is 222 g/mol. The molecular formula is C11H11FN2O2. The number of hydrogen-bond donors (Lipinski definition) is 1. The second-order valence-corrected chi connectivity index (χ2v) is 3.53. The van der Waals surface area contributed by atoms with Crippen LogP contribution in [-0.2, 0) is 6.42 Å². The summed E-state index contributed by atoms with van der Waals surface area (Å²) < 4.78 is 17.5. The minimum absolute atomic E-state index is 0.192. The minimum atomic E-state index is -0.769. The Kier molecular flexibility index (Phi) is 2.96. The molecule has 0 aliphatic heterocycles. The first-order valence-electron chi connectivity index (χ1n) is 4.90. The van der Waals surface area contributed by atoms with E-state index in [-0.39, 0.29) is 11.7 Å². The lowest BCUT2D eigenvalue weighted by molar-refractivity contribution is 0.151. The number of rotatable bonds is 3. The number of aromatic nitrogens is 2. The standard InChI is InChI=1S/C11H11FN2O2/c1-7(15)11-13-10(14-16-11)6-8-2-4-9(12)5-3-8/h2-5,7,15H,6H2,1H3/t7-/m0/s1. The molecule has 2 aromatic rings. The minimum Gasteiger partial charge on any atom is -0.384 e. The molecule has 0 saturated heterocycles. The predicted octanol–water partition coefficient (Wildman–Crippen LogP) is 1.85. The maximum absolute atomic E-state index is 12.7. The van der Waals surface area contributed by atoms with Crippen molar-refractivity contribution in [2.75, 3.05) is 0 Å². The average Bonchev–Trinajstić information content (AvgIpc) is 2.70. The summed E-state index contributed by atoms with van der Waals surface area (Å²) in [5.41, 5.74) is 0.888. The number of benzene rings is 1. The van der Waals surface area contributed by atoms with E-state index in [2.05, 4.69) is 10.1 Å². The van der Waals surface area contributed by atoms with Crippen molar-refractivity contribution in [2.45, 2.75) is 19.4 Å². The van der Waals surface area contributed by atoms with Crippen LogP contribution in [0.3, 0.4) is 0 Å². The van der Waals surface area contributed by atoms with E-state index in [1.165, 1.54) is 12.1 Å². The Morgan fingerprint density at radius 3 is 2.62 bits per heavy atom. The summed E-state index contributed by atoms with van der Waals surface area (Å²) in [6, 6.07) is 6.08. The van der Waals surface area contributed by atoms with E-state index >= 15 is 0 Å². The van der Waals surface area contributed by atoms with Crippen molar-refractivity contribution in [2.24, 2.45) is 0 Å². The molecule has 0 fully saturated rings. The van der Waals surface area contributed by atoms with Gasteiger partial charge in [0.15, 0.2) is 5.82 Å². The third-order valence-electron chi connectivity index (χ3n) is 2.12. The monoisotopic (exact) mass is 222 g/mol. The Balaban J connectivity index is 2.11. The van der Waals surface area contributed by atoms with E-state index in [1.54, 1.807) is 19.1 Å². The molecule has 0 aliphatic rings. The molecular weight excluding hydrogens is 211 g/mol. The van der Waals surface area contributed by atoms with Gasteiger partial charge in [0, 0.05) is 6.42 Å². The highest BCUT2D eigenvalue weighted by molar-refractivity contribution is 5.19. The highest BCUT2D eigenvalue weighted by Crippen LogP contribution is 2.12. The summed E-state index contributed by atoms with van der Waals surface area (Å²) in [7, 11) is 0. The molecule has 1 aromatic heterocycles. The van der Waals surface area contributed by atoms with Gasteiger partial charge in [-0.15, -0.1) is 0 Å². The molecule has 1 aromatic carbocycles. The van der Waals surface area contributed by atoms with Gasteiger partial charge in [0.05, 0.1) is 0 Å². The zero-order chi connectivity index (χ0) is 11.5. The van der Waals surface area contributed by atoms with Crippen molar-refractivity contribution in [3.63, 3.8) is 0 Å². The van der Waals surface area contributed by atoms with E-state index in [4.69, 9.17) is 4.52 Å². The van der Waals surface area contributed by atoms with E-state index in [1.807, 2.05) is 0 Å². The van der Waals surface area contributed by atoms with Gasteiger partial charge < -0.3 is 9.63 Å². The fourth-order valence-corrected chi connectivity index (χ4v) is 1.29. The lowest BCUT2D eigenvalue weighted by Gasteiger charge is -1.95. The summed E-state index contributed by atoms with van der Waals surface area (Å²) in [5, 5.41) is 12.9. The van der Waals surface area contributed by atoms with Crippen LogP contribution in [0, 0.1) is 5.82 Å². The van der Waals surface area contributed by atoms with Gasteiger partial charge in [-0.2, -0.15) is 4.98 Å². The fraction of sp³-hybridized carbons (Fsp3) is 0.273. The number of nitrogens with zero attached hydrogens (tertiary/aromatic N) is 2. The lowest BCUT2D eigenvalue weighted by Crippen LogP contribution is -1.94. The number of hydrogen-bond acceptors (Lipinski definition) is 4. The first kappa shape index (κ1) is 10.8. The van der Waals surface area contributed by atoms with Crippen LogP contribution in [0.15, 0.2) is 28.8 Å². The second-order valence-electron chi connectivity index (χ2n) is 3.53. The Bertz CT molecular complexity index is 465. The Morgan fingerprint density at radius 2 is 2.06 bits per heavy atom. The Hall–Kier alpha value is -1.75. The van der Waals surface area contributed by atoms with Crippen LogP contribution < -0.4 is 0 Å². The lowest BCUT2D eigenvalue weighted by atomic mass is 10.1. The molecule has 0 bridgehead atoms. The van der Waals surface area contributed by atoms with Gasteiger partial charge in [-0.05, 0) is 24.6 Å². The smallest absolute Gasteiger partial charge is 0.255 e. The van der Waals surface area contributed by atoms with Crippen molar-refractivity contribution in [1.29, 1.82) is 0 Å². The number of aliphatic hydroxyl groups excluding tert-OH is 1. The number of halogens is 1. The predicted molar refractivity (Wildman–Crippen MR) is 54.1 cm³/mol. The first-order valence-corrected chi connectivity index (χ1v) is 4.90. The summed E-state index contributed by atoms with van der Waals surface area (Å²) in [5.74, 6) is 0.390. The van der Waals surface area contributed by atoms with Gasteiger partial charge in [-0.3, -0.25) is 0 Å². The summed E-state index contributed by atoms with van der Waals surface area (Å²) in [6.07, 6.45) is -0.314. The van der Waals surface area contributed by atoms with Gasteiger partial charge in [-0.25, -0.2) is 4.39 Å². The first-order chi connectivity index (χ1) is 7.65. The molecule has 4 nitrogen and oxygen atoms in total. The van der Waals surface area contributed by atoms with Crippen molar-refractivity contribution < 1.29 is 14.0 Å². The third-order valence-corrected chi connectivity index (χ3v) is 2.12. The molecule has 0 unspecified atom stereocenters. The summed E-state index contributed by atoms with van der Waals surface area (Å²) in [6.45, 7) is 1.55. The van der Waals surface area contributed by atoms with E-state index in [0.29, 0.717) is 12.2 Å². The maximum Gasteiger partial charge on any atom is 0.255 e. The van der Waals surface area contributed by atoms with Gasteiger partial charge in [0.25, 0.3) is 5.89 Å². The SMILES string of the molecule is C[C@H](O)c1nc(Cc2ccc(F)cc2)no1. The third kappa shape index (κ3) is 2.43. The molecule has 1 heterocycles. The number of aliphatic hydroxyl groups is 1. The molecule has 84 valence electrons. The van der Waals surface area contributed by atoms with Crippen molar-refractivity contribution >= 4 is 0 Å². The normalized spacial score (nSPS) is 12.7. The molecule has 0 spiro atoms. The Labute approximate surface area is 91.7 Å².